The fourth-order valence-electron chi connectivity index (χ4n) is 4.94. The number of carbonyl (C=O) groups excluding carboxylic acids is 1. The van der Waals surface area contributed by atoms with Crippen LogP contribution in [0.25, 0.3) is 10.9 Å². The number of hydrogen-bond donors (Lipinski definition) is 1. The zero-order chi connectivity index (χ0) is 28.7. The highest BCUT2D eigenvalue weighted by atomic mass is 32.2. The van der Waals surface area contributed by atoms with Gasteiger partial charge >= 0.3 is 0 Å². The average Bonchev–Trinajstić information content (AvgIpc) is 3.10. The molecule has 0 unspecified atom stereocenters. The van der Waals surface area contributed by atoms with E-state index in [1.165, 1.54) is 0 Å². The van der Waals surface area contributed by atoms with Crippen molar-refractivity contribution in [3.8, 4) is 11.5 Å². The Labute approximate surface area is 234 Å². The fraction of sp³-hybridized carbons (Fsp3) is 0.286. The van der Waals surface area contributed by atoms with Crippen molar-refractivity contribution in [1.82, 2.24) is 20.3 Å². The maximum Gasteiger partial charge on any atom is 0.251 e. The molecule has 1 amide bonds. The second kappa shape index (κ2) is 10.5. The zero-order valence-corrected chi connectivity index (χ0v) is 22.7. The predicted octanol–water partition coefficient (Wildman–Crippen LogP) is 4.04. The largest absolute Gasteiger partial charge is 0.495 e. The molecule has 13 heteroatoms. The number of alkyl halides is 1. The van der Waals surface area contributed by atoms with Gasteiger partial charge in [0.05, 0.1) is 37.7 Å². The highest BCUT2D eigenvalue weighted by molar-refractivity contribution is 7.92. The number of benzene rings is 1. The van der Waals surface area contributed by atoms with Gasteiger partial charge in [-0.05, 0) is 54.8 Å². The molecular formula is C28H25F2N5O5S. The molecule has 0 saturated carbocycles. The van der Waals surface area contributed by atoms with E-state index < -0.39 is 44.1 Å². The summed E-state index contributed by atoms with van der Waals surface area (Å²) >= 11 is 0. The van der Waals surface area contributed by atoms with Crippen LogP contribution in [-0.4, -0.2) is 55.0 Å². The number of halogens is 2. The number of carbonyl (C=O) groups is 1. The number of sulfone groups is 1. The number of fused-ring (bicyclic) bond motifs is 3. The minimum absolute atomic E-state index is 0.0394. The van der Waals surface area contributed by atoms with Crippen LogP contribution in [0.15, 0.2) is 53.7 Å². The standard InChI is InChI=1S/C28H25F2N5O5S/c1-39-20-9-16-3-2-7-35(27(16)32-15-20)25-5-4-17-13-31-19(12-22(17)34-25)14-33-28(36)18-10-21(29)26-23(11-18)41(37,38)24(30)6-8-40-26/h4-5,9-13,15,24H,2-3,6-8,14H2,1H3,(H,33,36)/t24-/m1/s1. The van der Waals surface area contributed by atoms with Gasteiger partial charge < -0.3 is 19.7 Å². The van der Waals surface area contributed by atoms with E-state index in [9.17, 15) is 22.0 Å². The number of ether oxygens (including phenoxy) is 2. The summed E-state index contributed by atoms with van der Waals surface area (Å²) in [6, 6.07) is 9.32. The molecule has 4 aromatic rings. The Bertz CT molecular complexity index is 1790. The molecule has 6 rings (SSSR count). The fourth-order valence-corrected chi connectivity index (χ4v) is 6.33. The summed E-state index contributed by atoms with van der Waals surface area (Å²) in [5, 5.41) is 3.41. The summed E-state index contributed by atoms with van der Waals surface area (Å²) in [7, 11) is -2.90. The summed E-state index contributed by atoms with van der Waals surface area (Å²) in [6.07, 6.45) is 4.69. The summed E-state index contributed by atoms with van der Waals surface area (Å²) in [5.74, 6) is -0.151. The molecule has 0 bridgehead atoms. The second-order valence-corrected chi connectivity index (χ2v) is 11.8. The molecule has 0 radical (unpaired) electrons. The number of rotatable bonds is 5. The average molecular weight is 582 g/mol. The number of amides is 1. The van der Waals surface area contributed by atoms with Crippen molar-refractivity contribution < 1.29 is 31.5 Å². The molecule has 41 heavy (non-hydrogen) atoms. The van der Waals surface area contributed by atoms with Crippen LogP contribution in [0.2, 0.25) is 0 Å². The van der Waals surface area contributed by atoms with Crippen molar-refractivity contribution in [3.63, 3.8) is 0 Å². The normalized spacial score (nSPS) is 17.6. The van der Waals surface area contributed by atoms with Crippen molar-refractivity contribution in [3.05, 3.63) is 71.4 Å². The van der Waals surface area contributed by atoms with Gasteiger partial charge in [-0.2, -0.15) is 0 Å². The molecule has 0 saturated heterocycles. The van der Waals surface area contributed by atoms with E-state index in [0.717, 1.165) is 48.3 Å². The second-order valence-electron chi connectivity index (χ2n) is 9.71. The molecule has 1 aromatic carbocycles. The van der Waals surface area contributed by atoms with Gasteiger partial charge in [0.1, 0.15) is 22.3 Å². The minimum atomic E-state index is -4.51. The maximum atomic E-state index is 14.7. The van der Waals surface area contributed by atoms with E-state index in [2.05, 4.69) is 15.3 Å². The molecule has 10 nitrogen and oxygen atoms in total. The minimum Gasteiger partial charge on any atom is -0.495 e. The van der Waals surface area contributed by atoms with E-state index in [4.69, 9.17) is 14.5 Å². The lowest BCUT2D eigenvalue weighted by atomic mass is 10.1. The Kier molecular flexibility index (Phi) is 6.89. The van der Waals surface area contributed by atoms with Crippen LogP contribution in [0.3, 0.4) is 0 Å². The van der Waals surface area contributed by atoms with E-state index in [-0.39, 0.29) is 18.7 Å². The van der Waals surface area contributed by atoms with E-state index >= 15 is 0 Å². The molecule has 3 aromatic heterocycles. The van der Waals surface area contributed by atoms with Crippen molar-refractivity contribution >= 4 is 38.3 Å². The number of anilines is 2. The first-order chi connectivity index (χ1) is 19.7. The Morgan fingerprint density at radius 2 is 2.05 bits per heavy atom. The Balaban J connectivity index is 1.23. The van der Waals surface area contributed by atoms with Gasteiger partial charge in [-0.3, -0.25) is 9.78 Å². The third-order valence-corrected chi connectivity index (χ3v) is 8.89. The third-order valence-electron chi connectivity index (χ3n) is 7.07. The van der Waals surface area contributed by atoms with Crippen LogP contribution in [0.4, 0.5) is 20.4 Å². The monoisotopic (exact) mass is 581 g/mol. The molecule has 0 aliphatic carbocycles. The van der Waals surface area contributed by atoms with E-state index in [1.54, 1.807) is 25.6 Å². The van der Waals surface area contributed by atoms with Gasteiger partial charge in [0.25, 0.3) is 5.91 Å². The molecule has 0 spiro atoms. The smallest absolute Gasteiger partial charge is 0.251 e. The Morgan fingerprint density at radius 1 is 1.20 bits per heavy atom. The summed E-state index contributed by atoms with van der Waals surface area (Å²) in [4.78, 5) is 28.0. The van der Waals surface area contributed by atoms with Gasteiger partial charge in [0, 0.05) is 30.1 Å². The van der Waals surface area contributed by atoms with Crippen LogP contribution in [0.1, 0.15) is 34.5 Å². The predicted molar refractivity (Wildman–Crippen MR) is 145 cm³/mol. The van der Waals surface area contributed by atoms with Gasteiger partial charge in [-0.25, -0.2) is 27.2 Å². The number of nitrogens with one attached hydrogen (secondary N) is 1. The first kappa shape index (κ1) is 26.8. The van der Waals surface area contributed by atoms with Crippen molar-refractivity contribution in [2.45, 2.75) is 36.2 Å². The Hall–Kier alpha value is -4.39. The quantitative estimate of drug-likeness (QED) is 0.372. The van der Waals surface area contributed by atoms with Gasteiger partial charge in [0.15, 0.2) is 11.6 Å². The third kappa shape index (κ3) is 5.01. The topological polar surface area (TPSA) is 124 Å². The van der Waals surface area contributed by atoms with Crippen molar-refractivity contribution in [1.29, 1.82) is 0 Å². The van der Waals surface area contributed by atoms with Gasteiger partial charge in [-0.1, -0.05) is 0 Å². The molecular weight excluding hydrogens is 556 g/mol. The molecule has 2 aliphatic heterocycles. The lowest BCUT2D eigenvalue weighted by Gasteiger charge is -2.29. The summed E-state index contributed by atoms with van der Waals surface area (Å²) in [6.45, 7) is 0.414. The highest BCUT2D eigenvalue weighted by Crippen LogP contribution is 2.36. The van der Waals surface area contributed by atoms with Crippen molar-refractivity contribution in [2.24, 2.45) is 0 Å². The first-order valence-electron chi connectivity index (χ1n) is 12.9. The highest BCUT2D eigenvalue weighted by Gasteiger charge is 2.35. The van der Waals surface area contributed by atoms with E-state index in [0.29, 0.717) is 22.8 Å². The first-order valence-corrected chi connectivity index (χ1v) is 14.5. The van der Waals surface area contributed by atoms with Crippen LogP contribution < -0.4 is 19.7 Å². The van der Waals surface area contributed by atoms with Gasteiger partial charge in [-0.15, -0.1) is 0 Å². The van der Waals surface area contributed by atoms with E-state index in [1.807, 2.05) is 23.1 Å². The SMILES string of the molecule is COc1cnc2c(c1)CCCN2c1ccc2cnc(CNC(=O)c3cc(F)c4c(c3)S(=O)(=O)[C@@H](F)CCO4)cc2n1. The van der Waals surface area contributed by atoms with Crippen LogP contribution in [0, 0.1) is 5.82 Å². The molecule has 5 heterocycles. The molecule has 2 aliphatic rings. The lowest BCUT2D eigenvalue weighted by Crippen LogP contribution is -2.26. The van der Waals surface area contributed by atoms with Crippen LogP contribution in [-0.2, 0) is 22.8 Å². The number of pyridine rings is 3. The number of hydrogen-bond acceptors (Lipinski definition) is 9. The molecule has 1 N–H and O–H groups in total. The molecule has 0 fully saturated rings. The summed E-state index contributed by atoms with van der Waals surface area (Å²) < 4.78 is 64.3. The number of methoxy groups -OCH3 is 1. The Morgan fingerprint density at radius 3 is 2.88 bits per heavy atom. The van der Waals surface area contributed by atoms with Crippen LogP contribution >= 0.6 is 0 Å². The van der Waals surface area contributed by atoms with Crippen molar-refractivity contribution in [2.75, 3.05) is 25.2 Å². The molecule has 212 valence electrons. The zero-order valence-electron chi connectivity index (χ0n) is 21.9. The number of aryl methyl sites for hydroxylation is 1. The number of aromatic nitrogens is 3. The number of nitrogens with zero attached hydrogens (tertiary/aromatic N) is 4. The molecule has 1 atom stereocenters. The maximum absolute atomic E-state index is 14.7. The summed E-state index contributed by atoms with van der Waals surface area (Å²) in [5.41, 5.74) is -0.330. The van der Waals surface area contributed by atoms with Crippen LogP contribution in [0.5, 0.6) is 11.5 Å². The lowest BCUT2D eigenvalue weighted by molar-refractivity contribution is 0.0949. The van der Waals surface area contributed by atoms with Gasteiger partial charge in [0.2, 0.25) is 15.3 Å².